The van der Waals surface area contributed by atoms with E-state index in [2.05, 4.69) is 36.5 Å². The fourth-order valence-corrected chi connectivity index (χ4v) is 1.96. The molecule has 0 spiro atoms. The molecule has 2 nitrogen and oxygen atoms in total. The quantitative estimate of drug-likeness (QED) is 0.777. The Hall–Kier alpha value is -1.09. The molecule has 0 radical (unpaired) electrons. The van der Waals surface area contributed by atoms with E-state index in [9.17, 15) is 0 Å². The van der Waals surface area contributed by atoms with Crippen molar-refractivity contribution in [3.63, 3.8) is 0 Å². The molecule has 0 aliphatic carbocycles. The molecule has 3 heteroatoms. The van der Waals surface area contributed by atoms with Gasteiger partial charge in [-0.05, 0) is 12.0 Å². The summed E-state index contributed by atoms with van der Waals surface area (Å²) in [5.74, 6) is 0.959. The molecular formula is C12H18N2S. The van der Waals surface area contributed by atoms with Crippen molar-refractivity contribution in [3.05, 3.63) is 47.1 Å². The number of hydrogen-bond acceptors (Lipinski definition) is 3. The molecule has 0 aliphatic rings. The van der Waals surface area contributed by atoms with E-state index in [1.54, 1.807) is 18.0 Å². The van der Waals surface area contributed by atoms with Crippen LogP contribution in [0.3, 0.4) is 0 Å². The van der Waals surface area contributed by atoms with Crippen LogP contribution in [0, 0.1) is 0 Å². The van der Waals surface area contributed by atoms with Crippen molar-refractivity contribution in [1.82, 2.24) is 5.32 Å². The van der Waals surface area contributed by atoms with Crippen LogP contribution in [-0.2, 0) is 5.75 Å². The Labute approximate surface area is 95.9 Å². The zero-order valence-corrected chi connectivity index (χ0v) is 9.89. The molecule has 82 valence electrons. The van der Waals surface area contributed by atoms with Gasteiger partial charge in [-0.1, -0.05) is 37.3 Å². The maximum atomic E-state index is 5.53. The van der Waals surface area contributed by atoms with E-state index < -0.39 is 0 Å². The molecule has 0 heterocycles. The molecule has 0 aliphatic heterocycles. The van der Waals surface area contributed by atoms with Gasteiger partial charge in [0, 0.05) is 18.5 Å². The van der Waals surface area contributed by atoms with Crippen LogP contribution in [0.15, 0.2) is 41.6 Å². The predicted octanol–water partition coefficient (Wildman–Crippen LogP) is 2.68. The first-order chi connectivity index (χ1) is 7.36. The van der Waals surface area contributed by atoms with E-state index in [1.807, 2.05) is 6.07 Å². The summed E-state index contributed by atoms with van der Waals surface area (Å²) in [5, 5.41) is 4.34. The third-order valence-electron chi connectivity index (χ3n) is 1.94. The van der Waals surface area contributed by atoms with Crippen LogP contribution in [0.4, 0.5) is 0 Å². The first-order valence-corrected chi connectivity index (χ1v) is 6.18. The number of nitrogens with two attached hydrogens (primary N) is 1. The highest BCUT2D eigenvalue weighted by Crippen LogP contribution is 2.17. The Kier molecular flexibility index (Phi) is 5.78. The van der Waals surface area contributed by atoms with Gasteiger partial charge < -0.3 is 11.1 Å². The summed E-state index contributed by atoms with van der Waals surface area (Å²) in [4.78, 5) is 0. The van der Waals surface area contributed by atoms with Gasteiger partial charge >= 0.3 is 0 Å². The van der Waals surface area contributed by atoms with Crippen molar-refractivity contribution < 1.29 is 0 Å². The monoisotopic (exact) mass is 222 g/mol. The second kappa shape index (κ2) is 7.23. The second-order valence-corrected chi connectivity index (χ2v) is 4.25. The zero-order valence-electron chi connectivity index (χ0n) is 9.07. The molecule has 15 heavy (non-hydrogen) atoms. The summed E-state index contributed by atoms with van der Waals surface area (Å²) in [6.07, 6.45) is 2.76. The lowest BCUT2D eigenvalue weighted by atomic mass is 10.2. The predicted molar refractivity (Wildman–Crippen MR) is 68.3 cm³/mol. The summed E-state index contributed by atoms with van der Waals surface area (Å²) in [6.45, 7) is 3.12. The number of rotatable bonds is 6. The van der Waals surface area contributed by atoms with Crippen LogP contribution in [0.2, 0.25) is 0 Å². The number of benzene rings is 1. The van der Waals surface area contributed by atoms with E-state index in [0.29, 0.717) is 0 Å². The fraction of sp³-hybridized carbons (Fsp3) is 0.333. The average molecular weight is 222 g/mol. The van der Waals surface area contributed by atoms with E-state index >= 15 is 0 Å². The lowest BCUT2D eigenvalue weighted by Crippen LogP contribution is -2.13. The van der Waals surface area contributed by atoms with Crippen molar-refractivity contribution in [2.75, 3.05) is 6.54 Å². The van der Waals surface area contributed by atoms with Crippen molar-refractivity contribution >= 4 is 11.8 Å². The third kappa shape index (κ3) is 4.79. The van der Waals surface area contributed by atoms with Crippen LogP contribution in [-0.4, -0.2) is 6.54 Å². The number of hydrogen-bond donors (Lipinski definition) is 2. The minimum atomic E-state index is 0.959. The van der Waals surface area contributed by atoms with Gasteiger partial charge in [-0.3, -0.25) is 0 Å². The van der Waals surface area contributed by atoms with Crippen molar-refractivity contribution in [2.45, 2.75) is 19.1 Å². The molecule has 0 saturated heterocycles. The van der Waals surface area contributed by atoms with Gasteiger partial charge in [-0.25, -0.2) is 0 Å². The largest absolute Gasteiger partial charge is 0.403 e. The minimum absolute atomic E-state index is 0.959. The Morgan fingerprint density at radius 3 is 2.73 bits per heavy atom. The van der Waals surface area contributed by atoms with Crippen molar-refractivity contribution in [2.24, 2.45) is 5.73 Å². The van der Waals surface area contributed by atoms with E-state index in [1.165, 1.54) is 5.56 Å². The summed E-state index contributed by atoms with van der Waals surface area (Å²) in [5.41, 5.74) is 6.85. The zero-order chi connectivity index (χ0) is 10.9. The lowest BCUT2D eigenvalue weighted by Gasteiger charge is -2.08. The lowest BCUT2D eigenvalue weighted by molar-refractivity contribution is 0.798. The first-order valence-electron chi connectivity index (χ1n) is 5.19. The molecule has 0 unspecified atom stereocenters. The van der Waals surface area contributed by atoms with Gasteiger partial charge in [0.15, 0.2) is 0 Å². The van der Waals surface area contributed by atoms with E-state index in [-0.39, 0.29) is 0 Å². The average Bonchev–Trinajstić information content (AvgIpc) is 2.31. The molecule has 0 atom stereocenters. The maximum absolute atomic E-state index is 5.53. The highest BCUT2D eigenvalue weighted by atomic mass is 32.2. The molecule has 1 aromatic rings. The smallest absolute Gasteiger partial charge is 0.0842 e. The summed E-state index contributed by atoms with van der Waals surface area (Å²) < 4.78 is 0. The van der Waals surface area contributed by atoms with Crippen LogP contribution >= 0.6 is 11.8 Å². The molecule has 0 amide bonds. The van der Waals surface area contributed by atoms with Crippen LogP contribution in [0.5, 0.6) is 0 Å². The van der Waals surface area contributed by atoms with Crippen LogP contribution in [0.25, 0.3) is 0 Å². The van der Waals surface area contributed by atoms with Gasteiger partial charge in [0.1, 0.15) is 0 Å². The van der Waals surface area contributed by atoms with Gasteiger partial charge in [-0.2, -0.15) is 0 Å². The highest BCUT2D eigenvalue weighted by molar-refractivity contribution is 8.02. The van der Waals surface area contributed by atoms with E-state index in [4.69, 9.17) is 5.73 Å². The topological polar surface area (TPSA) is 38.0 Å². The highest BCUT2D eigenvalue weighted by Gasteiger charge is 1.97. The van der Waals surface area contributed by atoms with E-state index in [0.717, 1.165) is 23.7 Å². The number of nitrogens with one attached hydrogen (secondary N) is 1. The molecule has 1 aromatic carbocycles. The third-order valence-corrected chi connectivity index (χ3v) is 3.01. The Balaban J connectivity index is 2.35. The molecule has 0 aromatic heterocycles. The Morgan fingerprint density at radius 1 is 1.40 bits per heavy atom. The molecule has 0 saturated carbocycles. The number of thioether (sulfide) groups is 1. The Morgan fingerprint density at radius 2 is 2.13 bits per heavy atom. The fourth-order valence-electron chi connectivity index (χ4n) is 1.14. The normalized spacial score (nSPS) is 11.4. The molecular weight excluding hydrogens is 204 g/mol. The summed E-state index contributed by atoms with van der Waals surface area (Å²) >= 11 is 1.74. The maximum Gasteiger partial charge on any atom is 0.0842 e. The van der Waals surface area contributed by atoms with Gasteiger partial charge in [0.25, 0.3) is 0 Å². The van der Waals surface area contributed by atoms with Crippen molar-refractivity contribution in [3.8, 4) is 0 Å². The van der Waals surface area contributed by atoms with Gasteiger partial charge in [-0.15, -0.1) is 11.8 Å². The molecule has 0 bridgehead atoms. The molecule has 3 N–H and O–H groups in total. The van der Waals surface area contributed by atoms with Crippen molar-refractivity contribution in [1.29, 1.82) is 0 Å². The van der Waals surface area contributed by atoms with Gasteiger partial charge in [0.05, 0.1) is 5.03 Å². The molecule has 1 rings (SSSR count). The SMILES string of the molecule is CCCN/C(=C\N)SCc1ccccc1. The summed E-state index contributed by atoms with van der Waals surface area (Å²) in [7, 11) is 0. The standard InChI is InChI=1S/C12H18N2S/c1-2-8-14-12(9-13)15-10-11-6-4-3-5-7-11/h3-7,9,14H,2,8,10,13H2,1H3/b12-9+. The second-order valence-electron chi connectivity index (χ2n) is 3.23. The van der Waals surface area contributed by atoms with Crippen LogP contribution in [0.1, 0.15) is 18.9 Å². The summed E-state index contributed by atoms with van der Waals surface area (Å²) in [6, 6.07) is 10.4. The van der Waals surface area contributed by atoms with Gasteiger partial charge in [0.2, 0.25) is 0 Å². The first kappa shape index (κ1) is 12.0. The Bertz CT molecular complexity index is 296. The van der Waals surface area contributed by atoms with Crippen LogP contribution < -0.4 is 11.1 Å². The molecule has 0 fully saturated rings. The minimum Gasteiger partial charge on any atom is -0.403 e.